The van der Waals surface area contributed by atoms with Crippen LogP contribution in [0.4, 0.5) is 0 Å². The van der Waals surface area contributed by atoms with Gasteiger partial charge < -0.3 is 4.74 Å². The van der Waals surface area contributed by atoms with Gasteiger partial charge in [0.25, 0.3) is 0 Å². The fourth-order valence-electron chi connectivity index (χ4n) is 2.13. The van der Waals surface area contributed by atoms with E-state index < -0.39 is 0 Å². The molecule has 1 aliphatic heterocycles. The largest absolute Gasteiger partial charge is 0.452 e. The van der Waals surface area contributed by atoms with Gasteiger partial charge in [0.15, 0.2) is 0 Å². The molecule has 0 aromatic carbocycles. The van der Waals surface area contributed by atoms with Gasteiger partial charge in [0.1, 0.15) is 12.0 Å². The third-order valence-corrected chi connectivity index (χ3v) is 3.61. The number of carbonyl (C=O) groups excluding carboxylic acids is 1. The Morgan fingerprint density at radius 2 is 2.00 bits per heavy atom. The number of carbonyl (C=O) groups is 1. The van der Waals surface area contributed by atoms with Crippen molar-refractivity contribution in [1.82, 2.24) is 0 Å². The van der Waals surface area contributed by atoms with E-state index in [2.05, 4.69) is 22.6 Å². The highest BCUT2D eigenvalue weighted by atomic mass is 127. The van der Waals surface area contributed by atoms with Gasteiger partial charge in [-0.3, -0.25) is 4.79 Å². The van der Waals surface area contributed by atoms with Gasteiger partial charge in [-0.05, 0) is 40.3 Å². The second-order valence-corrected chi connectivity index (χ2v) is 5.12. The van der Waals surface area contributed by atoms with E-state index in [1.807, 2.05) is 42.5 Å². The summed E-state index contributed by atoms with van der Waals surface area (Å²) in [6, 6.07) is 0. The number of ether oxygens (including phenoxy) is 1. The second kappa shape index (κ2) is 3.73. The summed E-state index contributed by atoms with van der Waals surface area (Å²) in [5, 5.41) is 0. The molecule has 2 unspecified atom stereocenters. The Hall–Kier alpha value is -1.10. The second-order valence-electron chi connectivity index (χ2n) is 3.87. The van der Waals surface area contributed by atoms with Crippen LogP contribution in [0.15, 0.2) is 57.3 Å². The van der Waals surface area contributed by atoms with Crippen molar-refractivity contribution < 1.29 is 9.53 Å². The summed E-state index contributed by atoms with van der Waals surface area (Å²) in [5.74, 6) is -0.374. The van der Waals surface area contributed by atoms with Crippen LogP contribution >= 0.6 is 22.6 Å². The van der Waals surface area contributed by atoms with Gasteiger partial charge in [-0.1, -0.05) is 30.4 Å². The zero-order valence-electron chi connectivity index (χ0n) is 8.39. The molecule has 16 heavy (non-hydrogen) atoms. The quantitative estimate of drug-likeness (QED) is 0.506. The summed E-state index contributed by atoms with van der Waals surface area (Å²) in [6.07, 6.45) is 13.6. The van der Waals surface area contributed by atoms with Gasteiger partial charge in [0.05, 0.1) is 0 Å². The van der Waals surface area contributed by atoms with Crippen LogP contribution in [0.1, 0.15) is 0 Å². The van der Waals surface area contributed by atoms with Crippen LogP contribution in [-0.4, -0.2) is 12.1 Å². The Bertz CT molecular complexity index is 506. The molecule has 2 aliphatic carbocycles. The van der Waals surface area contributed by atoms with E-state index >= 15 is 0 Å². The number of fused-ring (bicyclic) bond motifs is 2. The van der Waals surface area contributed by atoms with Gasteiger partial charge in [0.2, 0.25) is 0 Å². The molecular formula is C13H9IO2. The van der Waals surface area contributed by atoms with Crippen molar-refractivity contribution >= 4 is 28.6 Å². The summed E-state index contributed by atoms with van der Waals surface area (Å²) in [6.45, 7) is 0. The smallest absolute Gasteiger partial charge is 0.318 e. The molecule has 0 aromatic heterocycles. The molecule has 3 aliphatic rings. The molecule has 3 heteroatoms. The Kier molecular flexibility index (Phi) is 2.35. The van der Waals surface area contributed by atoms with Crippen molar-refractivity contribution in [3.05, 3.63) is 57.3 Å². The zero-order chi connectivity index (χ0) is 11.1. The first-order valence-corrected chi connectivity index (χ1v) is 6.18. The third-order valence-electron chi connectivity index (χ3n) is 2.89. The maximum Gasteiger partial charge on any atom is 0.318 e. The highest BCUT2D eigenvalue weighted by molar-refractivity contribution is 14.1. The van der Waals surface area contributed by atoms with Crippen LogP contribution in [-0.2, 0) is 9.53 Å². The molecule has 0 bridgehead atoms. The van der Waals surface area contributed by atoms with Crippen LogP contribution in [0.2, 0.25) is 0 Å². The number of rotatable bonds is 0. The lowest BCUT2D eigenvalue weighted by atomic mass is 9.84. The maximum absolute atomic E-state index is 11.8. The zero-order valence-corrected chi connectivity index (χ0v) is 10.5. The monoisotopic (exact) mass is 324 g/mol. The molecule has 0 saturated heterocycles. The van der Waals surface area contributed by atoms with Crippen LogP contribution in [0, 0.1) is 5.92 Å². The SMILES string of the molecule is O=C1OC2C=CC=CC2=C2C=CC(I)=CC12. The average Bonchev–Trinajstić information content (AvgIpc) is 2.29. The fourth-order valence-corrected chi connectivity index (χ4v) is 2.67. The van der Waals surface area contributed by atoms with Gasteiger partial charge in [0, 0.05) is 9.15 Å². The van der Waals surface area contributed by atoms with Crippen molar-refractivity contribution in [1.29, 1.82) is 0 Å². The number of halogens is 1. The van der Waals surface area contributed by atoms with Crippen molar-refractivity contribution in [2.24, 2.45) is 5.92 Å². The highest BCUT2D eigenvalue weighted by Gasteiger charge is 2.34. The van der Waals surface area contributed by atoms with E-state index in [4.69, 9.17) is 4.74 Å². The molecule has 1 heterocycles. The summed E-state index contributed by atoms with van der Waals surface area (Å²) in [5.41, 5.74) is 2.17. The minimum absolute atomic E-state index is 0.151. The first-order valence-electron chi connectivity index (χ1n) is 5.10. The highest BCUT2D eigenvalue weighted by Crippen LogP contribution is 2.36. The number of hydrogen-bond donors (Lipinski definition) is 0. The summed E-state index contributed by atoms with van der Waals surface area (Å²) < 4.78 is 6.47. The summed E-state index contributed by atoms with van der Waals surface area (Å²) in [7, 11) is 0. The minimum atomic E-state index is -0.223. The van der Waals surface area contributed by atoms with Crippen molar-refractivity contribution in [2.45, 2.75) is 6.10 Å². The Balaban J connectivity index is 2.14. The van der Waals surface area contributed by atoms with Crippen LogP contribution in [0.3, 0.4) is 0 Å². The standard InChI is InChI=1S/C13H9IO2/c14-8-5-6-9-10-3-1-2-4-12(10)16-13(15)11(9)7-8/h1-7,11-12H. The fraction of sp³-hybridized carbons (Fsp3) is 0.154. The molecule has 2 nitrogen and oxygen atoms in total. The van der Waals surface area contributed by atoms with Crippen molar-refractivity contribution in [3.63, 3.8) is 0 Å². The minimum Gasteiger partial charge on any atom is -0.452 e. The lowest BCUT2D eigenvalue weighted by molar-refractivity contribution is -0.148. The van der Waals surface area contributed by atoms with Crippen molar-refractivity contribution in [2.75, 3.05) is 0 Å². The van der Waals surface area contributed by atoms with Crippen LogP contribution in [0.25, 0.3) is 0 Å². The predicted octanol–water partition coefficient (Wildman–Crippen LogP) is 2.84. The first kappa shape index (κ1) is 10.1. The Labute approximate surface area is 107 Å². The lowest BCUT2D eigenvalue weighted by Crippen LogP contribution is -2.32. The maximum atomic E-state index is 11.8. The number of hydrogen-bond acceptors (Lipinski definition) is 2. The van der Waals surface area contributed by atoms with Gasteiger partial charge in [-0.25, -0.2) is 0 Å². The van der Waals surface area contributed by atoms with Crippen molar-refractivity contribution in [3.8, 4) is 0 Å². The average molecular weight is 324 g/mol. The van der Waals surface area contributed by atoms with Gasteiger partial charge in [-0.15, -0.1) is 0 Å². The molecule has 0 spiro atoms. The van der Waals surface area contributed by atoms with Gasteiger partial charge in [-0.2, -0.15) is 0 Å². The molecule has 0 radical (unpaired) electrons. The molecule has 0 amide bonds. The van der Waals surface area contributed by atoms with E-state index in [0.717, 1.165) is 14.7 Å². The van der Waals surface area contributed by atoms with E-state index in [1.165, 1.54) is 0 Å². The van der Waals surface area contributed by atoms with Gasteiger partial charge >= 0.3 is 5.97 Å². The molecule has 80 valence electrons. The molecule has 2 atom stereocenters. The molecular weight excluding hydrogens is 315 g/mol. The lowest BCUT2D eigenvalue weighted by Gasteiger charge is -2.30. The Morgan fingerprint density at radius 3 is 2.88 bits per heavy atom. The van der Waals surface area contributed by atoms with E-state index in [9.17, 15) is 4.79 Å². The summed E-state index contributed by atoms with van der Waals surface area (Å²) in [4.78, 5) is 11.8. The van der Waals surface area contributed by atoms with E-state index in [1.54, 1.807) is 0 Å². The molecule has 0 aromatic rings. The molecule has 3 rings (SSSR count). The number of allylic oxidation sites excluding steroid dienone is 5. The van der Waals surface area contributed by atoms with E-state index in [-0.39, 0.29) is 18.0 Å². The van der Waals surface area contributed by atoms with Crippen LogP contribution < -0.4 is 0 Å². The van der Waals surface area contributed by atoms with E-state index in [0.29, 0.717) is 0 Å². The molecule has 0 fully saturated rings. The third kappa shape index (κ3) is 1.50. The topological polar surface area (TPSA) is 26.3 Å². The normalized spacial score (nSPS) is 30.8. The first-order chi connectivity index (χ1) is 7.75. The number of esters is 1. The Morgan fingerprint density at radius 1 is 1.12 bits per heavy atom. The van der Waals surface area contributed by atoms with Crippen LogP contribution in [0.5, 0.6) is 0 Å². The summed E-state index contributed by atoms with van der Waals surface area (Å²) >= 11 is 2.22. The molecule has 0 saturated carbocycles. The predicted molar refractivity (Wildman–Crippen MR) is 69.9 cm³/mol. The molecule has 0 N–H and O–H groups in total.